The first-order chi connectivity index (χ1) is 7.06. The Hall–Kier alpha value is -1.55. The number of para-hydroxylation sites is 1. The summed E-state index contributed by atoms with van der Waals surface area (Å²) in [4.78, 5) is 22.2. The van der Waals surface area contributed by atoms with E-state index < -0.39 is 5.97 Å². The Bertz CT molecular complexity index is 404. The van der Waals surface area contributed by atoms with Gasteiger partial charge in [-0.05, 0) is 12.1 Å². The third-order valence-electron chi connectivity index (χ3n) is 1.72. The van der Waals surface area contributed by atoms with Crippen molar-refractivity contribution >= 4 is 29.2 Å². The lowest BCUT2D eigenvalue weighted by molar-refractivity contribution is -0.114. The van der Waals surface area contributed by atoms with E-state index in [2.05, 4.69) is 10.1 Å². The summed E-state index contributed by atoms with van der Waals surface area (Å²) in [6.45, 7) is 1.34. The van der Waals surface area contributed by atoms with Gasteiger partial charge in [0.25, 0.3) is 0 Å². The molecule has 4 nitrogen and oxygen atoms in total. The Morgan fingerprint density at radius 3 is 2.60 bits per heavy atom. The molecule has 0 aliphatic heterocycles. The zero-order valence-electron chi connectivity index (χ0n) is 8.33. The SMILES string of the molecule is COC(=O)c1cccc(Cl)c1NC(C)=O. The fourth-order valence-corrected chi connectivity index (χ4v) is 1.33. The van der Waals surface area contributed by atoms with Crippen LogP contribution in [0.2, 0.25) is 5.02 Å². The van der Waals surface area contributed by atoms with Crippen molar-refractivity contribution in [3.63, 3.8) is 0 Å². The van der Waals surface area contributed by atoms with Crippen LogP contribution in [-0.2, 0) is 9.53 Å². The van der Waals surface area contributed by atoms with E-state index in [0.29, 0.717) is 5.02 Å². The van der Waals surface area contributed by atoms with Crippen LogP contribution >= 0.6 is 11.6 Å². The van der Waals surface area contributed by atoms with Gasteiger partial charge in [0.1, 0.15) is 0 Å². The van der Waals surface area contributed by atoms with E-state index >= 15 is 0 Å². The molecule has 0 aliphatic rings. The lowest BCUT2D eigenvalue weighted by atomic mass is 10.2. The van der Waals surface area contributed by atoms with Gasteiger partial charge in [0.2, 0.25) is 5.91 Å². The number of carbonyl (C=O) groups excluding carboxylic acids is 2. The van der Waals surface area contributed by atoms with Crippen LogP contribution in [0.1, 0.15) is 17.3 Å². The second kappa shape index (κ2) is 4.79. The van der Waals surface area contributed by atoms with Gasteiger partial charge < -0.3 is 10.1 Å². The maximum atomic E-state index is 11.3. The minimum absolute atomic E-state index is 0.236. The molecule has 80 valence electrons. The number of hydrogen-bond donors (Lipinski definition) is 1. The van der Waals surface area contributed by atoms with Crippen LogP contribution in [0.5, 0.6) is 0 Å². The molecule has 1 rings (SSSR count). The number of rotatable bonds is 2. The number of hydrogen-bond acceptors (Lipinski definition) is 3. The summed E-state index contributed by atoms with van der Waals surface area (Å²) in [5, 5.41) is 2.78. The van der Waals surface area contributed by atoms with Crippen LogP contribution in [0.3, 0.4) is 0 Å². The average Bonchev–Trinajstić information content (AvgIpc) is 2.19. The Kier molecular flexibility index (Phi) is 3.68. The number of benzene rings is 1. The van der Waals surface area contributed by atoms with E-state index in [4.69, 9.17) is 11.6 Å². The molecule has 1 aromatic rings. The van der Waals surface area contributed by atoms with Gasteiger partial charge in [-0.15, -0.1) is 0 Å². The van der Waals surface area contributed by atoms with Crippen LogP contribution in [0, 0.1) is 0 Å². The van der Waals surface area contributed by atoms with Crippen molar-refractivity contribution in [2.24, 2.45) is 0 Å². The van der Waals surface area contributed by atoms with E-state index in [1.165, 1.54) is 20.1 Å². The molecule has 1 amide bonds. The van der Waals surface area contributed by atoms with Crippen molar-refractivity contribution in [1.29, 1.82) is 0 Å². The van der Waals surface area contributed by atoms with Gasteiger partial charge in [0.05, 0.1) is 23.4 Å². The maximum Gasteiger partial charge on any atom is 0.340 e. The molecular formula is C10H10ClNO3. The fourth-order valence-electron chi connectivity index (χ4n) is 1.11. The van der Waals surface area contributed by atoms with Crippen molar-refractivity contribution in [3.8, 4) is 0 Å². The lowest BCUT2D eigenvalue weighted by Crippen LogP contribution is -2.12. The summed E-state index contributed by atoms with van der Waals surface area (Å²) in [6.07, 6.45) is 0. The molecule has 0 radical (unpaired) electrons. The van der Waals surface area contributed by atoms with E-state index in [-0.39, 0.29) is 17.2 Å². The fraction of sp³-hybridized carbons (Fsp3) is 0.200. The molecule has 0 atom stereocenters. The number of methoxy groups -OCH3 is 1. The summed E-state index contributed by atoms with van der Waals surface area (Å²) < 4.78 is 4.56. The highest BCUT2D eigenvalue weighted by Crippen LogP contribution is 2.26. The molecule has 0 saturated heterocycles. The molecular weight excluding hydrogens is 218 g/mol. The molecule has 1 N–H and O–H groups in total. The van der Waals surface area contributed by atoms with Gasteiger partial charge >= 0.3 is 5.97 Å². The molecule has 0 saturated carbocycles. The Labute approximate surface area is 92.2 Å². The molecule has 0 heterocycles. The first-order valence-electron chi connectivity index (χ1n) is 4.20. The van der Waals surface area contributed by atoms with Gasteiger partial charge in [0, 0.05) is 6.92 Å². The van der Waals surface area contributed by atoms with Crippen LogP contribution in [0.25, 0.3) is 0 Å². The van der Waals surface area contributed by atoms with Gasteiger partial charge in [-0.25, -0.2) is 4.79 Å². The van der Waals surface area contributed by atoms with Crippen LogP contribution in [0.15, 0.2) is 18.2 Å². The van der Waals surface area contributed by atoms with E-state index in [1.54, 1.807) is 12.1 Å². The number of nitrogens with one attached hydrogen (secondary N) is 1. The molecule has 0 fully saturated rings. The van der Waals surface area contributed by atoms with Crippen LogP contribution < -0.4 is 5.32 Å². The van der Waals surface area contributed by atoms with Gasteiger partial charge in [0.15, 0.2) is 0 Å². The summed E-state index contributed by atoms with van der Waals surface area (Å²) >= 11 is 5.85. The Balaban J connectivity index is 3.19. The monoisotopic (exact) mass is 227 g/mol. The second-order valence-electron chi connectivity index (χ2n) is 2.84. The minimum Gasteiger partial charge on any atom is -0.465 e. The van der Waals surface area contributed by atoms with Crippen molar-refractivity contribution in [2.45, 2.75) is 6.92 Å². The first kappa shape index (κ1) is 11.5. The van der Waals surface area contributed by atoms with E-state index in [1.807, 2.05) is 0 Å². The van der Waals surface area contributed by atoms with E-state index in [9.17, 15) is 9.59 Å². The number of anilines is 1. The number of carbonyl (C=O) groups is 2. The Morgan fingerprint density at radius 2 is 2.07 bits per heavy atom. The molecule has 1 aromatic carbocycles. The van der Waals surface area contributed by atoms with E-state index in [0.717, 1.165) is 0 Å². The highest BCUT2D eigenvalue weighted by molar-refractivity contribution is 6.34. The molecule has 0 spiro atoms. The second-order valence-corrected chi connectivity index (χ2v) is 3.24. The zero-order chi connectivity index (χ0) is 11.4. The highest BCUT2D eigenvalue weighted by atomic mass is 35.5. The van der Waals surface area contributed by atoms with Crippen LogP contribution in [-0.4, -0.2) is 19.0 Å². The predicted molar refractivity (Wildman–Crippen MR) is 57.1 cm³/mol. The van der Waals surface area contributed by atoms with Crippen molar-refractivity contribution in [2.75, 3.05) is 12.4 Å². The number of ether oxygens (including phenoxy) is 1. The third-order valence-corrected chi connectivity index (χ3v) is 2.03. The molecule has 15 heavy (non-hydrogen) atoms. The summed E-state index contributed by atoms with van der Waals surface area (Å²) in [6, 6.07) is 4.72. The smallest absolute Gasteiger partial charge is 0.340 e. The quantitative estimate of drug-likeness (QED) is 0.787. The number of esters is 1. The Morgan fingerprint density at radius 1 is 1.40 bits per heavy atom. The van der Waals surface area contributed by atoms with Gasteiger partial charge in [-0.3, -0.25) is 4.79 Å². The molecule has 5 heteroatoms. The van der Waals surface area contributed by atoms with Gasteiger partial charge in [-0.2, -0.15) is 0 Å². The van der Waals surface area contributed by atoms with Crippen molar-refractivity contribution < 1.29 is 14.3 Å². The number of amides is 1. The lowest BCUT2D eigenvalue weighted by Gasteiger charge is -2.09. The topological polar surface area (TPSA) is 55.4 Å². The molecule has 0 aliphatic carbocycles. The highest BCUT2D eigenvalue weighted by Gasteiger charge is 2.15. The van der Waals surface area contributed by atoms with Gasteiger partial charge in [-0.1, -0.05) is 17.7 Å². The largest absolute Gasteiger partial charge is 0.465 e. The first-order valence-corrected chi connectivity index (χ1v) is 4.58. The molecule has 0 unspecified atom stereocenters. The normalized spacial score (nSPS) is 9.53. The maximum absolute atomic E-state index is 11.3. The molecule has 0 bridgehead atoms. The standard InChI is InChI=1S/C10H10ClNO3/c1-6(13)12-9-7(10(14)15-2)4-3-5-8(9)11/h3-5H,1-2H3,(H,12,13). The summed E-state index contributed by atoms with van der Waals surface area (Å²) in [7, 11) is 1.26. The predicted octanol–water partition coefficient (Wildman–Crippen LogP) is 2.08. The summed E-state index contributed by atoms with van der Waals surface area (Å²) in [5.41, 5.74) is 0.513. The van der Waals surface area contributed by atoms with Crippen molar-refractivity contribution in [3.05, 3.63) is 28.8 Å². The summed E-state index contributed by atoms with van der Waals surface area (Å²) in [5.74, 6) is -0.838. The van der Waals surface area contributed by atoms with Crippen LogP contribution in [0.4, 0.5) is 5.69 Å². The number of halogens is 1. The zero-order valence-corrected chi connectivity index (χ0v) is 9.09. The molecule has 0 aromatic heterocycles. The van der Waals surface area contributed by atoms with Crippen molar-refractivity contribution in [1.82, 2.24) is 0 Å². The minimum atomic E-state index is -0.541. The third kappa shape index (κ3) is 2.70. The average molecular weight is 228 g/mol.